The molecular formula is C15H15N3O3S. The van der Waals surface area contributed by atoms with Crippen LogP contribution < -0.4 is 15.0 Å². The Kier molecular flexibility index (Phi) is 3.81. The van der Waals surface area contributed by atoms with E-state index in [-0.39, 0.29) is 18.4 Å². The van der Waals surface area contributed by atoms with Crippen LogP contribution in [0.1, 0.15) is 12.6 Å². The number of ether oxygens (including phenoxy) is 1. The summed E-state index contributed by atoms with van der Waals surface area (Å²) < 4.78 is 5.72. The van der Waals surface area contributed by atoms with Gasteiger partial charge in [-0.25, -0.2) is 4.98 Å². The van der Waals surface area contributed by atoms with E-state index in [1.165, 1.54) is 18.3 Å². The molecule has 1 aliphatic heterocycles. The lowest BCUT2D eigenvalue weighted by molar-refractivity contribution is -0.123. The fraction of sp³-hybridized carbons (Fsp3) is 0.267. The van der Waals surface area contributed by atoms with Crippen molar-refractivity contribution in [2.75, 3.05) is 16.8 Å². The van der Waals surface area contributed by atoms with Gasteiger partial charge in [-0.15, -0.1) is 11.3 Å². The molecule has 0 radical (unpaired) electrons. The monoisotopic (exact) mass is 317 g/mol. The number of carbonyl (C=O) groups is 2. The number of nitrogens with one attached hydrogen (secondary N) is 1. The van der Waals surface area contributed by atoms with Crippen molar-refractivity contribution in [2.45, 2.75) is 20.0 Å². The molecule has 6 nitrogen and oxygen atoms in total. The number of aryl methyl sites for hydroxylation is 1. The number of nitrogens with zero attached hydrogens (tertiary/aromatic N) is 2. The molecule has 1 aliphatic rings. The molecule has 1 aromatic carbocycles. The Labute approximate surface area is 131 Å². The van der Waals surface area contributed by atoms with Gasteiger partial charge in [-0.2, -0.15) is 0 Å². The van der Waals surface area contributed by atoms with Crippen LogP contribution in [0.25, 0.3) is 0 Å². The van der Waals surface area contributed by atoms with Crippen molar-refractivity contribution in [3.8, 4) is 5.75 Å². The first-order valence-corrected chi connectivity index (χ1v) is 7.69. The minimum atomic E-state index is -0.761. The quantitative estimate of drug-likeness (QED) is 0.922. The zero-order valence-electron chi connectivity index (χ0n) is 12.2. The van der Waals surface area contributed by atoms with Crippen molar-refractivity contribution < 1.29 is 14.3 Å². The van der Waals surface area contributed by atoms with Gasteiger partial charge in [-0.1, -0.05) is 12.1 Å². The third-order valence-electron chi connectivity index (χ3n) is 3.30. The van der Waals surface area contributed by atoms with Crippen LogP contribution in [0.3, 0.4) is 0 Å². The van der Waals surface area contributed by atoms with Crippen LogP contribution in [0.5, 0.6) is 5.75 Å². The Morgan fingerprint density at radius 1 is 1.41 bits per heavy atom. The van der Waals surface area contributed by atoms with E-state index in [1.807, 2.05) is 24.4 Å². The zero-order valence-corrected chi connectivity index (χ0v) is 13.0. The number of benzene rings is 1. The molecule has 2 aromatic rings. The summed E-state index contributed by atoms with van der Waals surface area (Å²) in [4.78, 5) is 29.9. The van der Waals surface area contributed by atoms with Crippen molar-refractivity contribution in [1.29, 1.82) is 0 Å². The Balaban J connectivity index is 1.81. The van der Waals surface area contributed by atoms with E-state index in [0.29, 0.717) is 16.6 Å². The third-order valence-corrected chi connectivity index (χ3v) is 4.17. The largest absolute Gasteiger partial charge is 0.476 e. The summed E-state index contributed by atoms with van der Waals surface area (Å²) in [7, 11) is 0. The molecule has 114 valence electrons. The number of fused-ring (bicyclic) bond motifs is 1. The Morgan fingerprint density at radius 3 is 2.86 bits per heavy atom. The highest BCUT2D eigenvalue weighted by Gasteiger charge is 2.32. The van der Waals surface area contributed by atoms with Gasteiger partial charge in [0.15, 0.2) is 11.2 Å². The highest BCUT2D eigenvalue weighted by molar-refractivity contribution is 7.13. The van der Waals surface area contributed by atoms with E-state index in [1.54, 1.807) is 17.0 Å². The van der Waals surface area contributed by atoms with Crippen molar-refractivity contribution in [3.63, 3.8) is 0 Å². The van der Waals surface area contributed by atoms with Gasteiger partial charge in [0, 0.05) is 12.3 Å². The van der Waals surface area contributed by atoms with Crippen molar-refractivity contribution in [3.05, 3.63) is 35.3 Å². The molecule has 2 amide bonds. The number of hydrogen-bond donors (Lipinski definition) is 1. The third kappa shape index (κ3) is 2.80. The number of aromatic nitrogens is 1. The molecule has 3 rings (SSSR count). The topological polar surface area (TPSA) is 71.5 Å². The second kappa shape index (κ2) is 5.76. The molecule has 7 heteroatoms. The van der Waals surface area contributed by atoms with Gasteiger partial charge in [0.1, 0.15) is 5.75 Å². The molecule has 2 heterocycles. The highest BCUT2D eigenvalue weighted by atomic mass is 32.1. The van der Waals surface area contributed by atoms with Gasteiger partial charge in [0.05, 0.1) is 17.9 Å². The number of thiazole rings is 1. The predicted octanol–water partition coefficient (Wildman–Crippen LogP) is 2.20. The molecule has 0 fully saturated rings. The first-order valence-electron chi connectivity index (χ1n) is 6.81. The molecule has 1 unspecified atom stereocenters. The SMILES string of the molecule is CC(=O)N1CC(C(=O)Nc2nc(C)cs2)Oc2ccccc21. The lowest BCUT2D eigenvalue weighted by atomic mass is 10.2. The summed E-state index contributed by atoms with van der Waals surface area (Å²) in [6.45, 7) is 3.51. The second-order valence-corrected chi connectivity index (χ2v) is 5.85. The summed E-state index contributed by atoms with van der Waals surface area (Å²) in [6, 6.07) is 7.19. The van der Waals surface area contributed by atoms with E-state index >= 15 is 0 Å². The van der Waals surface area contributed by atoms with Gasteiger partial charge in [-0.3, -0.25) is 14.9 Å². The van der Waals surface area contributed by atoms with E-state index in [4.69, 9.17) is 4.74 Å². The lowest BCUT2D eigenvalue weighted by Crippen LogP contribution is -2.48. The summed E-state index contributed by atoms with van der Waals surface area (Å²) in [5.74, 6) is 0.0909. The van der Waals surface area contributed by atoms with Gasteiger partial charge in [0.2, 0.25) is 5.91 Å². The molecule has 0 bridgehead atoms. The number of para-hydroxylation sites is 2. The van der Waals surface area contributed by atoms with Crippen LogP contribution in [0.2, 0.25) is 0 Å². The lowest BCUT2D eigenvalue weighted by Gasteiger charge is -2.33. The van der Waals surface area contributed by atoms with Gasteiger partial charge in [0.25, 0.3) is 5.91 Å². The molecule has 1 N–H and O–H groups in total. The van der Waals surface area contributed by atoms with E-state index in [0.717, 1.165) is 5.69 Å². The van der Waals surface area contributed by atoms with E-state index in [9.17, 15) is 9.59 Å². The fourth-order valence-corrected chi connectivity index (χ4v) is 2.96. The summed E-state index contributed by atoms with van der Waals surface area (Å²) in [5.41, 5.74) is 1.53. The van der Waals surface area contributed by atoms with Crippen molar-refractivity contribution in [1.82, 2.24) is 4.98 Å². The fourth-order valence-electron chi connectivity index (χ4n) is 2.27. The van der Waals surface area contributed by atoms with Crippen LogP contribution >= 0.6 is 11.3 Å². The summed E-state index contributed by atoms with van der Waals surface area (Å²) >= 11 is 1.36. The zero-order chi connectivity index (χ0) is 15.7. The van der Waals surface area contributed by atoms with Crippen molar-refractivity contribution >= 4 is 34.0 Å². The second-order valence-electron chi connectivity index (χ2n) is 4.99. The smallest absolute Gasteiger partial charge is 0.269 e. The molecule has 1 aromatic heterocycles. The minimum absolute atomic E-state index is 0.126. The number of amides is 2. The van der Waals surface area contributed by atoms with E-state index in [2.05, 4.69) is 10.3 Å². The maximum Gasteiger partial charge on any atom is 0.269 e. The Morgan fingerprint density at radius 2 is 2.18 bits per heavy atom. The molecular weight excluding hydrogens is 302 g/mol. The van der Waals surface area contributed by atoms with Crippen molar-refractivity contribution in [2.24, 2.45) is 0 Å². The van der Waals surface area contributed by atoms with Crippen LogP contribution in [0.15, 0.2) is 29.6 Å². The number of rotatable bonds is 2. The Hall–Kier alpha value is -2.41. The normalized spacial score (nSPS) is 16.6. The highest BCUT2D eigenvalue weighted by Crippen LogP contribution is 2.33. The number of anilines is 2. The molecule has 0 spiro atoms. The van der Waals surface area contributed by atoms with Gasteiger partial charge in [-0.05, 0) is 19.1 Å². The molecule has 22 heavy (non-hydrogen) atoms. The summed E-state index contributed by atoms with van der Waals surface area (Å²) in [6.07, 6.45) is -0.761. The predicted molar refractivity (Wildman–Crippen MR) is 84.4 cm³/mol. The maximum atomic E-state index is 12.3. The van der Waals surface area contributed by atoms with Crippen LogP contribution in [-0.4, -0.2) is 29.4 Å². The number of carbonyl (C=O) groups excluding carboxylic acids is 2. The molecule has 0 aliphatic carbocycles. The first kappa shape index (κ1) is 14.5. The van der Waals surface area contributed by atoms with Gasteiger partial charge < -0.3 is 9.64 Å². The maximum absolute atomic E-state index is 12.3. The average Bonchev–Trinajstić information content (AvgIpc) is 2.91. The standard InChI is InChI=1S/C15H15N3O3S/c1-9-8-22-15(16-9)17-14(20)13-7-18(10(2)19)11-5-3-4-6-12(11)21-13/h3-6,8,13H,7H2,1-2H3,(H,16,17,20). The summed E-state index contributed by atoms with van der Waals surface area (Å²) in [5, 5.41) is 5.11. The van der Waals surface area contributed by atoms with E-state index < -0.39 is 6.10 Å². The Bertz CT molecular complexity index is 728. The molecule has 0 saturated heterocycles. The average molecular weight is 317 g/mol. The molecule has 0 saturated carbocycles. The van der Waals surface area contributed by atoms with Gasteiger partial charge >= 0.3 is 0 Å². The first-order chi connectivity index (χ1) is 10.5. The molecule has 1 atom stereocenters. The van der Waals surface area contributed by atoms with Crippen LogP contribution in [-0.2, 0) is 9.59 Å². The number of hydrogen-bond acceptors (Lipinski definition) is 5. The van der Waals surface area contributed by atoms with Crippen LogP contribution in [0.4, 0.5) is 10.8 Å². The van der Waals surface area contributed by atoms with Crippen LogP contribution in [0, 0.1) is 6.92 Å². The minimum Gasteiger partial charge on any atom is -0.476 e.